The van der Waals surface area contributed by atoms with Gasteiger partial charge in [0.15, 0.2) is 11.5 Å². The minimum Gasteiger partial charge on any atom is -0.375 e. The Hall–Kier alpha value is -3.79. The molecule has 1 atom stereocenters. The minimum absolute atomic E-state index is 0.0194. The largest absolute Gasteiger partial charge is 0.375 e. The number of fused-ring (bicyclic) bond motifs is 2. The summed E-state index contributed by atoms with van der Waals surface area (Å²) in [7, 11) is 0. The van der Waals surface area contributed by atoms with Crippen LogP contribution in [-0.4, -0.2) is 63.2 Å². The third kappa shape index (κ3) is 3.79. The molecule has 10 heteroatoms. The van der Waals surface area contributed by atoms with E-state index in [9.17, 15) is 4.79 Å². The van der Waals surface area contributed by atoms with E-state index in [1.54, 1.807) is 16.8 Å². The van der Waals surface area contributed by atoms with Crippen LogP contribution in [-0.2, 0) is 9.53 Å². The number of ether oxygens (including phenoxy) is 1. The van der Waals surface area contributed by atoms with Gasteiger partial charge in [0, 0.05) is 58.8 Å². The van der Waals surface area contributed by atoms with Gasteiger partial charge in [-0.05, 0) is 38.0 Å². The molecule has 4 aromatic rings. The number of carbonyl (C=O) groups excluding carboxylic acids is 1. The molecule has 1 aliphatic carbocycles. The van der Waals surface area contributed by atoms with Crippen LogP contribution in [0.3, 0.4) is 0 Å². The molecule has 0 unspecified atom stereocenters. The fourth-order valence-electron chi connectivity index (χ4n) is 4.28. The molecule has 1 saturated carbocycles. The normalized spacial score (nSPS) is 20.1. The predicted molar refractivity (Wildman–Crippen MR) is 130 cm³/mol. The number of anilines is 3. The van der Waals surface area contributed by atoms with Gasteiger partial charge in [-0.15, -0.1) is 5.10 Å². The van der Waals surface area contributed by atoms with E-state index < -0.39 is 6.98 Å². The molecule has 5 heterocycles. The Balaban J connectivity index is 1.41. The van der Waals surface area contributed by atoms with Gasteiger partial charge in [-0.25, -0.2) is 19.5 Å². The van der Waals surface area contributed by atoms with Crippen molar-refractivity contribution in [2.45, 2.75) is 25.9 Å². The van der Waals surface area contributed by atoms with Crippen molar-refractivity contribution >= 4 is 39.6 Å². The van der Waals surface area contributed by atoms with Crippen LogP contribution in [0.4, 0.5) is 17.3 Å². The van der Waals surface area contributed by atoms with Gasteiger partial charge >= 0.3 is 0 Å². The van der Waals surface area contributed by atoms with E-state index in [2.05, 4.69) is 32.4 Å². The Morgan fingerprint density at radius 1 is 1.24 bits per heavy atom. The summed E-state index contributed by atoms with van der Waals surface area (Å²) in [4.78, 5) is 28.0. The second-order valence-corrected chi connectivity index (χ2v) is 8.78. The third-order valence-corrected chi connectivity index (χ3v) is 6.25. The lowest BCUT2D eigenvalue weighted by atomic mass is 10.1. The van der Waals surface area contributed by atoms with Crippen molar-refractivity contribution in [1.29, 1.82) is 0 Å². The highest BCUT2D eigenvalue weighted by Crippen LogP contribution is 2.33. The number of nitrogens with zero attached hydrogens (tertiary/aromatic N) is 6. The quantitative estimate of drug-likeness (QED) is 0.467. The zero-order chi connectivity index (χ0) is 25.7. The first-order valence-electron chi connectivity index (χ1n) is 12.8. The molecule has 1 saturated heterocycles. The molecule has 2 fully saturated rings. The molecule has 174 valence electrons. The maximum absolute atomic E-state index is 12.3. The number of hydrogen-bond acceptors (Lipinski definition) is 8. The van der Waals surface area contributed by atoms with Gasteiger partial charge in [-0.2, -0.15) is 0 Å². The topological polar surface area (TPSA) is 110 Å². The first-order valence-corrected chi connectivity index (χ1v) is 11.3. The van der Waals surface area contributed by atoms with E-state index in [4.69, 9.17) is 18.9 Å². The number of carbonyl (C=O) groups is 1. The molecule has 0 spiro atoms. The molecule has 4 aromatic heterocycles. The van der Waals surface area contributed by atoms with Crippen LogP contribution in [0.2, 0.25) is 0 Å². The molecular formula is C24H26N8O2. The maximum Gasteiger partial charge on any atom is 0.228 e. The lowest BCUT2D eigenvalue weighted by molar-refractivity contribution is -0.117. The molecule has 0 bridgehead atoms. The second-order valence-electron chi connectivity index (χ2n) is 8.78. The van der Waals surface area contributed by atoms with Crippen molar-refractivity contribution in [3.8, 4) is 11.4 Å². The zero-order valence-corrected chi connectivity index (χ0v) is 18.7. The molecule has 2 N–H and O–H groups in total. The highest BCUT2D eigenvalue weighted by atomic mass is 16.5. The summed E-state index contributed by atoms with van der Waals surface area (Å²) in [6.07, 6.45) is 6.89. The van der Waals surface area contributed by atoms with Gasteiger partial charge in [0.25, 0.3) is 0 Å². The van der Waals surface area contributed by atoms with Crippen LogP contribution in [0.5, 0.6) is 0 Å². The third-order valence-electron chi connectivity index (χ3n) is 6.25. The van der Waals surface area contributed by atoms with Crippen molar-refractivity contribution in [1.82, 2.24) is 24.6 Å². The van der Waals surface area contributed by atoms with Crippen LogP contribution in [0.1, 0.15) is 23.9 Å². The van der Waals surface area contributed by atoms with Crippen molar-refractivity contribution in [3.63, 3.8) is 0 Å². The van der Waals surface area contributed by atoms with Gasteiger partial charge in [-0.3, -0.25) is 4.79 Å². The van der Waals surface area contributed by atoms with E-state index in [-0.39, 0.29) is 23.7 Å². The minimum atomic E-state index is -2.44. The Labute approximate surface area is 200 Å². The molecule has 0 aromatic carbocycles. The van der Waals surface area contributed by atoms with Crippen molar-refractivity contribution in [2.24, 2.45) is 5.92 Å². The second kappa shape index (κ2) is 8.21. The van der Waals surface area contributed by atoms with Crippen molar-refractivity contribution in [3.05, 3.63) is 36.8 Å². The lowest BCUT2D eigenvalue weighted by Crippen LogP contribution is -2.41. The van der Waals surface area contributed by atoms with Gasteiger partial charge in [-0.1, -0.05) is 0 Å². The number of aromatic nitrogens is 5. The molecule has 1 amide bonds. The molecule has 0 radical (unpaired) electrons. The molecule has 2 aliphatic rings. The predicted octanol–water partition coefficient (Wildman–Crippen LogP) is 2.95. The van der Waals surface area contributed by atoms with E-state index in [1.165, 1.54) is 6.20 Å². The van der Waals surface area contributed by atoms with Crippen LogP contribution >= 0.6 is 0 Å². The van der Waals surface area contributed by atoms with Gasteiger partial charge in [0.1, 0.15) is 11.6 Å². The average molecular weight is 462 g/mol. The zero-order valence-electron chi connectivity index (χ0n) is 21.7. The van der Waals surface area contributed by atoms with Crippen LogP contribution < -0.4 is 15.5 Å². The fourth-order valence-corrected chi connectivity index (χ4v) is 4.28. The SMILES string of the molecule is [2H]C([2H])([2H])Nc1ncc(-c2nc3ccc(N4CCO[C@@H](C)C4)cn3n2)c2cc(NC(=O)C3CC3)ncc12. The summed E-state index contributed by atoms with van der Waals surface area (Å²) < 4.78 is 30.2. The first-order chi connectivity index (χ1) is 17.7. The number of pyridine rings is 3. The van der Waals surface area contributed by atoms with Crippen molar-refractivity contribution in [2.75, 3.05) is 42.2 Å². The number of morpholine rings is 1. The van der Waals surface area contributed by atoms with Crippen LogP contribution in [0.15, 0.2) is 36.8 Å². The first kappa shape index (κ1) is 17.7. The number of rotatable bonds is 5. The fraction of sp³-hybridized carbons (Fsp3) is 0.375. The number of amides is 1. The molecule has 34 heavy (non-hydrogen) atoms. The van der Waals surface area contributed by atoms with Crippen LogP contribution in [0, 0.1) is 5.92 Å². The number of nitrogens with one attached hydrogen (secondary N) is 2. The van der Waals surface area contributed by atoms with E-state index in [0.29, 0.717) is 40.2 Å². The summed E-state index contributed by atoms with van der Waals surface area (Å²) in [5.41, 5.74) is 2.28. The molecule has 6 rings (SSSR count). The van der Waals surface area contributed by atoms with E-state index in [1.807, 2.05) is 18.3 Å². The highest BCUT2D eigenvalue weighted by Gasteiger charge is 2.30. The lowest BCUT2D eigenvalue weighted by Gasteiger charge is -2.32. The summed E-state index contributed by atoms with van der Waals surface area (Å²) >= 11 is 0. The summed E-state index contributed by atoms with van der Waals surface area (Å²) in [5, 5.41) is 11.1. The molecular weight excluding hydrogens is 432 g/mol. The maximum atomic E-state index is 12.3. The van der Waals surface area contributed by atoms with E-state index >= 15 is 0 Å². The Morgan fingerprint density at radius 2 is 2.15 bits per heavy atom. The Kier molecular flexibility index (Phi) is 4.26. The average Bonchev–Trinajstić information content (AvgIpc) is 3.62. The Bertz CT molecular complexity index is 1500. The molecule has 10 nitrogen and oxygen atoms in total. The summed E-state index contributed by atoms with van der Waals surface area (Å²) in [6, 6.07) is 5.64. The van der Waals surface area contributed by atoms with Gasteiger partial charge < -0.3 is 20.3 Å². The summed E-state index contributed by atoms with van der Waals surface area (Å²) in [5.74, 6) is 0.920. The molecule has 1 aliphatic heterocycles. The Morgan fingerprint density at radius 3 is 2.97 bits per heavy atom. The smallest absolute Gasteiger partial charge is 0.228 e. The highest BCUT2D eigenvalue weighted by molar-refractivity contribution is 6.03. The standard InChI is InChI=1S/C24H26N8O2/c1-14-12-31(7-8-34-14)16-5-6-21-29-23(30-32(21)13-16)19-11-27-22(25-2)18-10-26-20(9-17(18)19)28-24(33)15-3-4-15/h5-6,9-11,13-15H,3-4,7-8,12H2,1-2H3,(H,25,27)(H,26,28,33)/t14-/m0/s1/i2D3. The van der Waals surface area contributed by atoms with E-state index in [0.717, 1.165) is 31.6 Å². The summed E-state index contributed by atoms with van der Waals surface area (Å²) in [6.45, 7) is 1.88. The van der Waals surface area contributed by atoms with Crippen molar-refractivity contribution < 1.29 is 13.6 Å². The van der Waals surface area contributed by atoms with Gasteiger partial charge in [0.05, 0.1) is 24.6 Å². The van der Waals surface area contributed by atoms with Gasteiger partial charge in [0.2, 0.25) is 5.91 Å². The van der Waals surface area contributed by atoms with Crippen LogP contribution in [0.25, 0.3) is 27.8 Å². The number of hydrogen-bond donors (Lipinski definition) is 2. The monoisotopic (exact) mass is 461 g/mol.